The lowest BCUT2D eigenvalue weighted by atomic mass is 10.1. The predicted octanol–water partition coefficient (Wildman–Crippen LogP) is 2.82. The predicted molar refractivity (Wildman–Crippen MR) is 64.9 cm³/mol. The molecule has 0 spiro atoms. The molecule has 0 unspecified atom stereocenters. The number of pyridine rings is 1. The average Bonchev–Trinajstić information content (AvgIpc) is 2.29. The zero-order chi connectivity index (χ0) is 12.4. The molecule has 17 heavy (non-hydrogen) atoms. The smallest absolute Gasteiger partial charge is 0.266 e. The van der Waals surface area contributed by atoms with Crippen LogP contribution in [0.4, 0.5) is 4.39 Å². The number of rotatable bonds is 1. The van der Waals surface area contributed by atoms with Gasteiger partial charge in [-0.15, -0.1) is 0 Å². The number of hydrogen-bond acceptors (Lipinski definition) is 2. The summed E-state index contributed by atoms with van der Waals surface area (Å²) in [5, 5.41) is 8.62. The summed E-state index contributed by atoms with van der Waals surface area (Å²) in [5.74, 6) is -0.445. The van der Waals surface area contributed by atoms with Crippen molar-refractivity contribution in [1.29, 1.82) is 5.26 Å². The summed E-state index contributed by atoms with van der Waals surface area (Å²) in [6, 6.07) is 9.17. The number of aromatic amines is 1. The van der Waals surface area contributed by atoms with Crippen LogP contribution in [0.3, 0.4) is 0 Å². The molecule has 0 amide bonds. The van der Waals surface area contributed by atoms with Gasteiger partial charge in [0.2, 0.25) is 0 Å². The quantitative estimate of drug-likeness (QED) is 0.879. The zero-order valence-electron chi connectivity index (χ0n) is 8.50. The molecule has 1 aromatic carbocycles. The second-order valence-corrected chi connectivity index (χ2v) is 4.27. The molecule has 1 aromatic heterocycles. The van der Waals surface area contributed by atoms with Gasteiger partial charge in [0.1, 0.15) is 17.4 Å². The van der Waals surface area contributed by atoms with Gasteiger partial charge in [0, 0.05) is 10.0 Å². The van der Waals surface area contributed by atoms with Crippen molar-refractivity contribution in [2.24, 2.45) is 0 Å². The fraction of sp³-hybridized carbons (Fsp3) is 0. The molecule has 2 aromatic rings. The minimum atomic E-state index is -0.521. The maximum Gasteiger partial charge on any atom is 0.266 e. The minimum Gasteiger partial charge on any atom is -0.321 e. The van der Waals surface area contributed by atoms with Gasteiger partial charge in [0.25, 0.3) is 5.56 Å². The summed E-state index contributed by atoms with van der Waals surface area (Å²) in [6.45, 7) is 0. The van der Waals surface area contributed by atoms with Gasteiger partial charge in [0.15, 0.2) is 0 Å². The van der Waals surface area contributed by atoms with Crippen LogP contribution in [0.2, 0.25) is 0 Å². The van der Waals surface area contributed by atoms with E-state index in [4.69, 9.17) is 5.26 Å². The van der Waals surface area contributed by atoms with Crippen LogP contribution in [-0.2, 0) is 0 Å². The summed E-state index contributed by atoms with van der Waals surface area (Å²) in [4.78, 5) is 13.9. The highest BCUT2D eigenvalue weighted by molar-refractivity contribution is 9.10. The second-order valence-electron chi connectivity index (χ2n) is 3.35. The molecule has 0 saturated carbocycles. The third kappa shape index (κ3) is 2.27. The number of nitriles is 1. The molecule has 0 aliphatic rings. The van der Waals surface area contributed by atoms with Crippen molar-refractivity contribution in [1.82, 2.24) is 4.98 Å². The van der Waals surface area contributed by atoms with Crippen molar-refractivity contribution in [3.05, 3.63) is 56.5 Å². The van der Waals surface area contributed by atoms with Gasteiger partial charge in [-0.05, 0) is 30.3 Å². The average molecular weight is 293 g/mol. The first-order valence-corrected chi connectivity index (χ1v) is 5.50. The Labute approximate surface area is 105 Å². The lowest BCUT2D eigenvalue weighted by Crippen LogP contribution is -2.10. The number of halogens is 2. The molecule has 1 N–H and O–H groups in total. The van der Waals surface area contributed by atoms with Gasteiger partial charge in [-0.2, -0.15) is 5.26 Å². The van der Waals surface area contributed by atoms with Crippen LogP contribution in [0.1, 0.15) is 5.56 Å². The standard InChI is InChI=1S/C12H6BrFN2O/c13-8-2-3-9(10(14)5-8)11-4-1-7(6-15)12(17)16-11/h1-5H,(H,16,17). The van der Waals surface area contributed by atoms with Gasteiger partial charge >= 0.3 is 0 Å². The third-order valence-corrected chi connectivity index (χ3v) is 2.74. The Morgan fingerprint density at radius 3 is 2.65 bits per heavy atom. The van der Waals surface area contributed by atoms with E-state index in [2.05, 4.69) is 20.9 Å². The molecule has 0 aliphatic heterocycles. The normalized spacial score (nSPS) is 9.94. The van der Waals surface area contributed by atoms with E-state index in [1.165, 1.54) is 18.2 Å². The van der Waals surface area contributed by atoms with Crippen LogP contribution < -0.4 is 5.56 Å². The lowest BCUT2D eigenvalue weighted by Gasteiger charge is -2.03. The molecule has 1 heterocycles. The Morgan fingerprint density at radius 1 is 1.29 bits per heavy atom. The fourth-order valence-electron chi connectivity index (χ4n) is 1.43. The Balaban J connectivity index is 2.58. The van der Waals surface area contributed by atoms with Crippen LogP contribution in [0.5, 0.6) is 0 Å². The molecule has 84 valence electrons. The van der Waals surface area contributed by atoms with E-state index < -0.39 is 11.4 Å². The molecule has 5 heteroatoms. The van der Waals surface area contributed by atoms with Crippen LogP contribution in [0.15, 0.2) is 39.6 Å². The minimum absolute atomic E-state index is 0.00581. The Kier molecular flexibility index (Phi) is 3.07. The van der Waals surface area contributed by atoms with Gasteiger partial charge in [-0.25, -0.2) is 4.39 Å². The monoisotopic (exact) mass is 292 g/mol. The first kappa shape index (κ1) is 11.6. The van der Waals surface area contributed by atoms with Gasteiger partial charge in [-0.3, -0.25) is 4.79 Å². The van der Waals surface area contributed by atoms with Crippen molar-refractivity contribution >= 4 is 15.9 Å². The lowest BCUT2D eigenvalue weighted by molar-refractivity contribution is 0.630. The van der Waals surface area contributed by atoms with E-state index in [9.17, 15) is 9.18 Å². The Bertz CT molecular complexity index is 673. The molecule has 0 saturated heterocycles. The molecule has 0 aliphatic carbocycles. The molecule has 0 bridgehead atoms. The van der Waals surface area contributed by atoms with Crippen molar-refractivity contribution < 1.29 is 4.39 Å². The molecular formula is C12H6BrFN2O. The van der Waals surface area contributed by atoms with Crippen LogP contribution >= 0.6 is 15.9 Å². The number of benzene rings is 1. The molecule has 0 radical (unpaired) electrons. The number of H-pyrrole nitrogens is 1. The SMILES string of the molecule is N#Cc1ccc(-c2ccc(Br)cc2F)[nH]c1=O. The van der Waals surface area contributed by atoms with E-state index in [-0.39, 0.29) is 11.1 Å². The third-order valence-electron chi connectivity index (χ3n) is 2.25. The van der Waals surface area contributed by atoms with Gasteiger partial charge in [0.05, 0.1) is 5.69 Å². The fourth-order valence-corrected chi connectivity index (χ4v) is 1.76. The maximum atomic E-state index is 13.6. The van der Waals surface area contributed by atoms with E-state index in [0.29, 0.717) is 10.2 Å². The molecule has 0 atom stereocenters. The van der Waals surface area contributed by atoms with Gasteiger partial charge < -0.3 is 4.98 Å². The van der Waals surface area contributed by atoms with E-state index >= 15 is 0 Å². The van der Waals surface area contributed by atoms with Crippen LogP contribution in [-0.4, -0.2) is 4.98 Å². The first-order chi connectivity index (χ1) is 8.11. The highest BCUT2D eigenvalue weighted by atomic mass is 79.9. The van der Waals surface area contributed by atoms with Crippen molar-refractivity contribution in [2.45, 2.75) is 0 Å². The molecule has 0 fully saturated rings. The van der Waals surface area contributed by atoms with Crippen molar-refractivity contribution in [3.8, 4) is 17.3 Å². The van der Waals surface area contributed by atoms with Crippen LogP contribution in [0.25, 0.3) is 11.3 Å². The van der Waals surface area contributed by atoms with Crippen molar-refractivity contribution in [3.63, 3.8) is 0 Å². The zero-order valence-corrected chi connectivity index (χ0v) is 10.1. The number of nitrogens with zero attached hydrogens (tertiary/aromatic N) is 1. The van der Waals surface area contributed by atoms with Crippen molar-refractivity contribution in [2.75, 3.05) is 0 Å². The topological polar surface area (TPSA) is 56.6 Å². The molecule has 3 nitrogen and oxygen atoms in total. The van der Waals surface area contributed by atoms with E-state index in [1.54, 1.807) is 18.2 Å². The highest BCUT2D eigenvalue weighted by Gasteiger charge is 2.07. The number of hydrogen-bond donors (Lipinski definition) is 1. The molecular weight excluding hydrogens is 287 g/mol. The summed E-state index contributed by atoms with van der Waals surface area (Å²) >= 11 is 3.15. The summed E-state index contributed by atoms with van der Waals surface area (Å²) in [7, 11) is 0. The number of aromatic nitrogens is 1. The summed E-state index contributed by atoms with van der Waals surface area (Å²) in [5.41, 5.74) is 0.118. The van der Waals surface area contributed by atoms with Crippen LogP contribution in [0, 0.1) is 17.1 Å². The second kappa shape index (κ2) is 4.52. The summed E-state index contributed by atoms with van der Waals surface area (Å²) in [6.07, 6.45) is 0. The maximum absolute atomic E-state index is 13.6. The highest BCUT2D eigenvalue weighted by Crippen LogP contribution is 2.23. The van der Waals surface area contributed by atoms with E-state index in [0.717, 1.165) is 0 Å². The first-order valence-electron chi connectivity index (χ1n) is 4.70. The Morgan fingerprint density at radius 2 is 2.06 bits per heavy atom. The number of nitrogens with one attached hydrogen (secondary N) is 1. The van der Waals surface area contributed by atoms with E-state index in [1.807, 2.05) is 0 Å². The largest absolute Gasteiger partial charge is 0.321 e. The molecule has 2 rings (SSSR count). The van der Waals surface area contributed by atoms with Gasteiger partial charge in [-0.1, -0.05) is 15.9 Å². The summed E-state index contributed by atoms with van der Waals surface area (Å²) < 4.78 is 14.3. The Hall–Kier alpha value is -1.93.